The second-order valence-corrected chi connectivity index (χ2v) is 6.05. The quantitative estimate of drug-likeness (QED) is 0.742. The van der Waals surface area contributed by atoms with Crippen LogP contribution >= 0.6 is 0 Å². The zero-order valence-electron chi connectivity index (χ0n) is 15.1. The van der Waals surface area contributed by atoms with Crippen LogP contribution in [0, 0.1) is 24.1 Å². The van der Waals surface area contributed by atoms with Gasteiger partial charge in [-0.2, -0.15) is 5.26 Å². The van der Waals surface area contributed by atoms with Crippen LogP contribution < -0.4 is 10.6 Å². The van der Waals surface area contributed by atoms with Crippen molar-refractivity contribution in [2.75, 3.05) is 11.9 Å². The minimum absolute atomic E-state index is 0.0552. The highest BCUT2D eigenvalue weighted by atomic mass is 19.1. The molecule has 26 heavy (non-hydrogen) atoms. The lowest BCUT2D eigenvalue weighted by Gasteiger charge is -2.16. The first-order chi connectivity index (χ1) is 12.5. The highest BCUT2D eigenvalue weighted by Gasteiger charge is 2.19. The number of hydrogen-bond donors (Lipinski definition) is 2. The number of carbonyl (C=O) groups excluding carboxylic acids is 1. The maximum Gasteiger partial charge on any atom is 0.274 e. The minimum atomic E-state index is -0.470. The Morgan fingerprint density at radius 1 is 1.42 bits per heavy atom. The molecular formula is C19H22FN5O. The van der Waals surface area contributed by atoms with Crippen LogP contribution in [0.2, 0.25) is 0 Å². The Morgan fingerprint density at radius 2 is 2.19 bits per heavy atom. The van der Waals surface area contributed by atoms with Gasteiger partial charge in [-0.3, -0.25) is 4.79 Å². The van der Waals surface area contributed by atoms with Crippen LogP contribution in [0.25, 0.3) is 0 Å². The molecule has 0 aliphatic carbocycles. The molecule has 1 atom stereocenters. The molecule has 0 saturated carbocycles. The number of nitrogens with zero attached hydrogens (tertiary/aromatic N) is 3. The number of amides is 1. The number of nitrogens with one attached hydrogen (secondary N) is 2. The summed E-state index contributed by atoms with van der Waals surface area (Å²) in [5.74, 6) is -0.462. The Morgan fingerprint density at radius 3 is 2.85 bits per heavy atom. The third-order valence-electron chi connectivity index (χ3n) is 3.97. The molecule has 136 valence electrons. The highest BCUT2D eigenvalue weighted by molar-refractivity contribution is 5.97. The van der Waals surface area contributed by atoms with E-state index in [9.17, 15) is 9.18 Å². The molecule has 0 aliphatic rings. The van der Waals surface area contributed by atoms with E-state index in [4.69, 9.17) is 5.26 Å². The Balaban J connectivity index is 2.21. The molecule has 6 nitrogen and oxygen atoms in total. The number of rotatable bonds is 7. The topological polar surface area (TPSA) is 90.7 Å². The standard InChI is InChI=1S/C19H22FN5O/c1-4-5-8-22-18-17(25-15(10-21)11-23-18)19(26)24-13(3)14-7-6-12(2)16(20)9-14/h6-7,9,11,13H,4-5,8H2,1-3H3,(H,22,23)(H,24,26)/t13-/m0/s1. The summed E-state index contributed by atoms with van der Waals surface area (Å²) >= 11 is 0. The third kappa shape index (κ3) is 4.76. The number of aromatic nitrogens is 2. The summed E-state index contributed by atoms with van der Waals surface area (Å²) in [5.41, 5.74) is 1.30. The Labute approximate surface area is 152 Å². The van der Waals surface area contributed by atoms with Crippen LogP contribution in [0.15, 0.2) is 24.4 Å². The average molecular weight is 355 g/mol. The zero-order valence-corrected chi connectivity index (χ0v) is 15.1. The fourth-order valence-corrected chi connectivity index (χ4v) is 2.34. The summed E-state index contributed by atoms with van der Waals surface area (Å²) in [6, 6.07) is 6.30. The van der Waals surface area contributed by atoms with Crippen molar-refractivity contribution in [3.8, 4) is 6.07 Å². The van der Waals surface area contributed by atoms with Crippen molar-refractivity contribution in [1.82, 2.24) is 15.3 Å². The van der Waals surface area contributed by atoms with Crippen LogP contribution in [0.1, 0.15) is 60.0 Å². The third-order valence-corrected chi connectivity index (χ3v) is 3.97. The lowest BCUT2D eigenvalue weighted by atomic mass is 10.1. The molecule has 0 spiro atoms. The summed E-state index contributed by atoms with van der Waals surface area (Å²) in [6.45, 7) is 6.14. The van der Waals surface area contributed by atoms with E-state index in [1.54, 1.807) is 26.0 Å². The Bertz CT molecular complexity index is 831. The summed E-state index contributed by atoms with van der Waals surface area (Å²) in [5, 5.41) is 14.9. The van der Waals surface area contributed by atoms with Gasteiger partial charge in [0, 0.05) is 6.54 Å². The molecule has 0 aliphatic heterocycles. The van der Waals surface area contributed by atoms with Gasteiger partial charge in [-0.1, -0.05) is 25.5 Å². The summed E-state index contributed by atoms with van der Waals surface area (Å²) < 4.78 is 13.8. The van der Waals surface area contributed by atoms with Crippen LogP contribution in [-0.2, 0) is 0 Å². The fraction of sp³-hybridized carbons (Fsp3) is 0.368. The first-order valence-corrected chi connectivity index (χ1v) is 8.54. The van der Waals surface area contributed by atoms with Gasteiger partial charge in [0.15, 0.2) is 17.2 Å². The highest BCUT2D eigenvalue weighted by Crippen LogP contribution is 2.18. The number of aryl methyl sites for hydroxylation is 1. The first-order valence-electron chi connectivity index (χ1n) is 8.54. The van der Waals surface area contributed by atoms with E-state index in [1.807, 2.05) is 6.07 Å². The van der Waals surface area contributed by atoms with Gasteiger partial charge in [0.2, 0.25) is 0 Å². The summed E-state index contributed by atoms with van der Waals surface area (Å²) in [4.78, 5) is 20.9. The van der Waals surface area contributed by atoms with Crippen LogP contribution in [0.5, 0.6) is 0 Å². The predicted octanol–water partition coefficient (Wildman–Crippen LogP) is 3.50. The van der Waals surface area contributed by atoms with E-state index in [0.717, 1.165) is 12.8 Å². The molecule has 1 aromatic heterocycles. The van der Waals surface area contributed by atoms with Crippen molar-refractivity contribution in [2.45, 2.75) is 39.7 Å². The number of halogens is 1. The monoisotopic (exact) mass is 355 g/mol. The van der Waals surface area contributed by atoms with E-state index in [2.05, 4.69) is 27.5 Å². The fourth-order valence-electron chi connectivity index (χ4n) is 2.34. The average Bonchev–Trinajstić information content (AvgIpc) is 2.64. The molecule has 1 amide bonds. The van der Waals surface area contributed by atoms with Crippen LogP contribution in [-0.4, -0.2) is 22.4 Å². The van der Waals surface area contributed by atoms with Crippen molar-refractivity contribution in [1.29, 1.82) is 5.26 Å². The van der Waals surface area contributed by atoms with Crippen molar-refractivity contribution in [3.63, 3.8) is 0 Å². The van der Waals surface area contributed by atoms with E-state index in [1.165, 1.54) is 12.3 Å². The second-order valence-electron chi connectivity index (χ2n) is 6.05. The number of hydrogen-bond acceptors (Lipinski definition) is 5. The van der Waals surface area contributed by atoms with E-state index in [-0.39, 0.29) is 17.2 Å². The van der Waals surface area contributed by atoms with Crippen molar-refractivity contribution >= 4 is 11.7 Å². The zero-order chi connectivity index (χ0) is 19.1. The predicted molar refractivity (Wildman–Crippen MR) is 97.2 cm³/mol. The molecule has 0 fully saturated rings. The lowest BCUT2D eigenvalue weighted by molar-refractivity contribution is 0.0935. The lowest BCUT2D eigenvalue weighted by Crippen LogP contribution is -2.29. The number of benzene rings is 1. The number of unbranched alkanes of at least 4 members (excludes halogenated alkanes) is 1. The van der Waals surface area contributed by atoms with Crippen LogP contribution in [0.4, 0.5) is 10.2 Å². The van der Waals surface area contributed by atoms with Crippen molar-refractivity contribution in [3.05, 3.63) is 52.7 Å². The first kappa shape index (κ1) is 19.3. The number of nitriles is 1. The van der Waals surface area contributed by atoms with Crippen LogP contribution in [0.3, 0.4) is 0 Å². The van der Waals surface area contributed by atoms with Crippen molar-refractivity contribution < 1.29 is 9.18 Å². The van der Waals surface area contributed by atoms with Gasteiger partial charge < -0.3 is 10.6 Å². The SMILES string of the molecule is CCCCNc1ncc(C#N)nc1C(=O)N[C@@H](C)c1ccc(C)c(F)c1. The Hall–Kier alpha value is -3.01. The summed E-state index contributed by atoms with van der Waals surface area (Å²) in [6.07, 6.45) is 3.24. The number of carbonyl (C=O) groups is 1. The molecular weight excluding hydrogens is 333 g/mol. The van der Waals surface area contributed by atoms with Gasteiger partial charge in [-0.05, 0) is 37.5 Å². The molecule has 0 saturated heterocycles. The molecule has 0 unspecified atom stereocenters. The van der Waals surface area contributed by atoms with E-state index in [0.29, 0.717) is 23.5 Å². The Kier molecular flexibility index (Phi) is 6.61. The maximum atomic E-state index is 13.8. The van der Waals surface area contributed by atoms with Crippen molar-refractivity contribution in [2.24, 2.45) is 0 Å². The molecule has 7 heteroatoms. The molecule has 0 bridgehead atoms. The molecule has 2 aromatic rings. The second kappa shape index (κ2) is 8.90. The smallest absolute Gasteiger partial charge is 0.274 e. The van der Waals surface area contributed by atoms with Gasteiger partial charge in [0.05, 0.1) is 12.2 Å². The molecule has 1 heterocycles. The normalized spacial score (nSPS) is 11.5. The largest absolute Gasteiger partial charge is 0.368 e. The molecule has 1 aromatic carbocycles. The molecule has 2 rings (SSSR count). The maximum absolute atomic E-state index is 13.8. The van der Waals surface area contributed by atoms with Gasteiger partial charge in [0.25, 0.3) is 5.91 Å². The van der Waals surface area contributed by atoms with Gasteiger partial charge in [-0.25, -0.2) is 14.4 Å². The van der Waals surface area contributed by atoms with E-state index < -0.39 is 11.9 Å². The van der Waals surface area contributed by atoms with E-state index >= 15 is 0 Å². The van der Waals surface area contributed by atoms with Gasteiger partial charge >= 0.3 is 0 Å². The van der Waals surface area contributed by atoms with Gasteiger partial charge in [0.1, 0.15) is 11.9 Å². The van der Waals surface area contributed by atoms with Gasteiger partial charge in [-0.15, -0.1) is 0 Å². The summed E-state index contributed by atoms with van der Waals surface area (Å²) in [7, 11) is 0. The minimum Gasteiger partial charge on any atom is -0.368 e. The molecule has 0 radical (unpaired) electrons. The number of anilines is 1. The molecule has 2 N–H and O–H groups in total.